The Hall–Kier alpha value is -1.03. The molecule has 20 heavy (non-hydrogen) atoms. The number of halogens is 1. The van der Waals surface area contributed by atoms with Crippen LogP contribution in [0.5, 0.6) is 0 Å². The maximum atomic E-state index is 10.5. The van der Waals surface area contributed by atoms with Gasteiger partial charge < -0.3 is 15.8 Å². The van der Waals surface area contributed by atoms with Crippen LogP contribution in [-0.2, 0) is 0 Å². The van der Waals surface area contributed by atoms with E-state index in [0.29, 0.717) is 5.92 Å². The molecule has 0 spiro atoms. The van der Waals surface area contributed by atoms with Crippen molar-refractivity contribution in [3.05, 3.63) is 36.0 Å². The molecule has 3 rings (SSSR count). The summed E-state index contributed by atoms with van der Waals surface area (Å²) in [5, 5.41) is 11.6. The molecule has 1 heterocycles. The Morgan fingerprint density at radius 3 is 2.65 bits per heavy atom. The summed E-state index contributed by atoms with van der Waals surface area (Å²) in [6.07, 6.45) is 7.49. The molecule has 4 N–H and O–H groups in total. The van der Waals surface area contributed by atoms with Crippen LogP contribution in [0, 0.1) is 5.92 Å². The van der Waals surface area contributed by atoms with Crippen molar-refractivity contribution >= 4 is 23.3 Å². The van der Waals surface area contributed by atoms with Crippen LogP contribution in [0.25, 0.3) is 10.9 Å². The van der Waals surface area contributed by atoms with Crippen LogP contribution in [0.2, 0.25) is 0 Å². The van der Waals surface area contributed by atoms with Gasteiger partial charge in [-0.2, -0.15) is 0 Å². The van der Waals surface area contributed by atoms with Gasteiger partial charge in [-0.15, -0.1) is 12.4 Å². The molecule has 1 fully saturated rings. The lowest BCUT2D eigenvalue weighted by Crippen LogP contribution is -2.34. The van der Waals surface area contributed by atoms with Gasteiger partial charge in [0.05, 0.1) is 12.1 Å². The average molecular weight is 295 g/mol. The first-order valence-corrected chi connectivity index (χ1v) is 7.26. The number of aliphatic hydroxyl groups excluding tert-OH is 1. The van der Waals surface area contributed by atoms with E-state index in [2.05, 4.69) is 11.1 Å². The van der Waals surface area contributed by atoms with Gasteiger partial charge in [0.1, 0.15) is 0 Å². The molecule has 3 nitrogen and oxygen atoms in total. The second-order valence-electron chi connectivity index (χ2n) is 5.74. The fourth-order valence-corrected chi connectivity index (χ4v) is 3.25. The van der Waals surface area contributed by atoms with Crippen LogP contribution in [0.15, 0.2) is 30.5 Å². The predicted octanol–water partition coefficient (Wildman–Crippen LogP) is 3.53. The molecule has 2 atom stereocenters. The van der Waals surface area contributed by atoms with E-state index in [9.17, 15) is 5.11 Å². The maximum absolute atomic E-state index is 10.5. The molecule has 1 saturated carbocycles. The van der Waals surface area contributed by atoms with Gasteiger partial charge in [0, 0.05) is 11.7 Å². The lowest BCUT2D eigenvalue weighted by molar-refractivity contribution is 0.0618. The van der Waals surface area contributed by atoms with Crippen LogP contribution in [0.3, 0.4) is 0 Å². The largest absolute Gasteiger partial charge is 0.391 e. The van der Waals surface area contributed by atoms with E-state index in [-0.39, 0.29) is 18.4 Å². The Balaban J connectivity index is 0.00000147. The van der Waals surface area contributed by atoms with Gasteiger partial charge in [-0.1, -0.05) is 25.3 Å². The van der Waals surface area contributed by atoms with Gasteiger partial charge in [-0.05, 0) is 47.9 Å². The van der Waals surface area contributed by atoms with E-state index in [0.717, 1.165) is 29.3 Å². The fraction of sp³-hybridized carbons (Fsp3) is 0.500. The highest BCUT2D eigenvalue weighted by Crippen LogP contribution is 2.32. The highest BCUT2D eigenvalue weighted by Gasteiger charge is 2.27. The van der Waals surface area contributed by atoms with Crippen molar-refractivity contribution in [3.63, 3.8) is 0 Å². The van der Waals surface area contributed by atoms with Crippen molar-refractivity contribution in [1.29, 1.82) is 0 Å². The molecular weight excluding hydrogens is 272 g/mol. The summed E-state index contributed by atoms with van der Waals surface area (Å²) in [4.78, 5) is 3.17. The number of H-pyrrole nitrogens is 1. The van der Waals surface area contributed by atoms with Gasteiger partial charge in [0.25, 0.3) is 0 Å². The van der Waals surface area contributed by atoms with Crippen molar-refractivity contribution in [1.82, 2.24) is 4.98 Å². The zero-order valence-electron chi connectivity index (χ0n) is 11.6. The van der Waals surface area contributed by atoms with Crippen LogP contribution in [0.4, 0.5) is 0 Å². The van der Waals surface area contributed by atoms with E-state index < -0.39 is 6.10 Å². The van der Waals surface area contributed by atoms with Crippen LogP contribution >= 0.6 is 12.4 Å². The quantitative estimate of drug-likeness (QED) is 0.811. The van der Waals surface area contributed by atoms with Crippen LogP contribution < -0.4 is 5.73 Å². The summed E-state index contributed by atoms with van der Waals surface area (Å²) < 4.78 is 0. The van der Waals surface area contributed by atoms with E-state index in [1.165, 1.54) is 19.3 Å². The summed E-state index contributed by atoms with van der Waals surface area (Å²) >= 11 is 0. The van der Waals surface area contributed by atoms with E-state index in [4.69, 9.17) is 5.73 Å². The van der Waals surface area contributed by atoms with Gasteiger partial charge in [0.2, 0.25) is 0 Å². The molecule has 1 aliphatic rings. The zero-order valence-corrected chi connectivity index (χ0v) is 12.4. The fourth-order valence-electron chi connectivity index (χ4n) is 3.25. The number of aliphatic hydroxyl groups is 1. The number of hydrogen-bond acceptors (Lipinski definition) is 2. The summed E-state index contributed by atoms with van der Waals surface area (Å²) in [7, 11) is 0. The summed E-state index contributed by atoms with van der Waals surface area (Å²) in [5.74, 6) is 0.366. The lowest BCUT2D eigenvalue weighted by Gasteiger charge is -2.30. The molecule has 4 heteroatoms. The number of rotatable bonds is 3. The van der Waals surface area contributed by atoms with Crippen molar-refractivity contribution in [3.8, 4) is 0 Å². The molecule has 110 valence electrons. The second kappa shape index (κ2) is 6.61. The third kappa shape index (κ3) is 3.00. The van der Waals surface area contributed by atoms with Gasteiger partial charge in [-0.25, -0.2) is 0 Å². The molecule has 0 aliphatic heterocycles. The molecule has 0 radical (unpaired) electrons. The van der Waals surface area contributed by atoms with Crippen LogP contribution in [0.1, 0.15) is 43.7 Å². The van der Waals surface area contributed by atoms with Crippen molar-refractivity contribution in [2.75, 3.05) is 0 Å². The molecular formula is C16H23ClN2O. The summed E-state index contributed by atoms with van der Waals surface area (Å²) in [6.45, 7) is 0. The minimum atomic E-state index is -0.420. The van der Waals surface area contributed by atoms with Crippen molar-refractivity contribution in [2.45, 2.75) is 44.2 Å². The number of fused-ring (bicyclic) bond motifs is 1. The highest BCUT2D eigenvalue weighted by atomic mass is 35.5. The molecule has 1 aromatic heterocycles. The first-order chi connectivity index (χ1) is 9.25. The summed E-state index contributed by atoms with van der Waals surface area (Å²) in [5.41, 5.74) is 8.42. The smallest absolute Gasteiger partial charge is 0.0760 e. The van der Waals surface area contributed by atoms with Gasteiger partial charge in [0.15, 0.2) is 0 Å². The molecule has 0 amide bonds. The summed E-state index contributed by atoms with van der Waals surface area (Å²) in [6, 6.07) is 7.91. The Bertz CT molecular complexity index is 548. The highest BCUT2D eigenvalue weighted by molar-refractivity contribution is 5.85. The third-order valence-electron chi connectivity index (χ3n) is 4.46. The molecule has 1 aromatic carbocycles. The zero-order chi connectivity index (χ0) is 13.2. The van der Waals surface area contributed by atoms with E-state index in [1.807, 2.05) is 24.4 Å². The average Bonchev–Trinajstić information content (AvgIpc) is 2.94. The standard InChI is InChI=1S/C16H22N2O.ClH/c17-15(16(19)11-4-2-1-3-5-11)13-6-7-14-12(10-13)8-9-18-14;/h6-11,15-16,18-19H,1-5,17H2;1H/t15-,16+;/m1./s1. The SMILES string of the molecule is Cl.N[C@H](c1ccc2[nH]ccc2c1)[C@@H](O)C1CCCCC1. The Morgan fingerprint density at radius 2 is 1.90 bits per heavy atom. The first-order valence-electron chi connectivity index (χ1n) is 7.26. The first kappa shape index (κ1) is 15.4. The second-order valence-corrected chi connectivity index (χ2v) is 5.74. The number of aromatic nitrogens is 1. The Labute approximate surface area is 126 Å². The number of hydrogen-bond donors (Lipinski definition) is 3. The maximum Gasteiger partial charge on any atom is 0.0760 e. The number of nitrogens with two attached hydrogens (primary N) is 1. The van der Waals surface area contributed by atoms with Crippen LogP contribution in [-0.4, -0.2) is 16.2 Å². The van der Waals surface area contributed by atoms with E-state index >= 15 is 0 Å². The number of aromatic amines is 1. The molecule has 0 unspecified atom stereocenters. The van der Waals surface area contributed by atoms with Crippen molar-refractivity contribution in [2.24, 2.45) is 11.7 Å². The minimum absolute atomic E-state index is 0. The number of benzene rings is 1. The predicted molar refractivity (Wildman–Crippen MR) is 85.1 cm³/mol. The topological polar surface area (TPSA) is 62.0 Å². The molecule has 0 bridgehead atoms. The molecule has 0 saturated heterocycles. The Kier molecular flexibility index (Phi) is 5.08. The molecule has 1 aliphatic carbocycles. The minimum Gasteiger partial charge on any atom is -0.391 e. The number of nitrogens with one attached hydrogen (secondary N) is 1. The van der Waals surface area contributed by atoms with E-state index in [1.54, 1.807) is 0 Å². The monoisotopic (exact) mass is 294 g/mol. The van der Waals surface area contributed by atoms with Gasteiger partial charge in [-0.3, -0.25) is 0 Å². The lowest BCUT2D eigenvalue weighted by atomic mass is 9.81. The third-order valence-corrected chi connectivity index (χ3v) is 4.46. The van der Waals surface area contributed by atoms with Crippen molar-refractivity contribution < 1.29 is 5.11 Å². The molecule has 2 aromatic rings. The van der Waals surface area contributed by atoms with Gasteiger partial charge >= 0.3 is 0 Å². The normalized spacial score (nSPS) is 19.5. The Morgan fingerprint density at radius 1 is 1.15 bits per heavy atom.